The van der Waals surface area contributed by atoms with Gasteiger partial charge in [-0.05, 0) is 66.9 Å². The number of hydrogen-bond acceptors (Lipinski definition) is 6. The van der Waals surface area contributed by atoms with Crippen LogP contribution in [0.2, 0.25) is 0 Å². The van der Waals surface area contributed by atoms with Crippen molar-refractivity contribution in [3.63, 3.8) is 0 Å². The van der Waals surface area contributed by atoms with Gasteiger partial charge in [0.05, 0.1) is 36.9 Å². The molecular weight excluding hydrogens is 502 g/mol. The zero-order valence-electron chi connectivity index (χ0n) is 21.7. The molecule has 0 bridgehead atoms. The molecule has 0 aliphatic carbocycles. The van der Waals surface area contributed by atoms with Gasteiger partial charge in [0.1, 0.15) is 18.1 Å². The number of aliphatic hydroxyl groups is 1. The van der Waals surface area contributed by atoms with Crippen molar-refractivity contribution in [3.05, 3.63) is 83.4 Å². The summed E-state index contributed by atoms with van der Waals surface area (Å²) in [6, 6.07) is 17.6. The second-order valence-corrected chi connectivity index (χ2v) is 9.26. The SMILES string of the molecule is COc1cc(CC(=O)N2CC[C@@H](O)[C@H]2COc2ccc(C(=O)O)cc2)ccc1NC(=O)Nc1ccccc1C. The van der Waals surface area contributed by atoms with Crippen LogP contribution < -0.4 is 20.1 Å². The molecule has 0 spiro atoms. The molecule has 1 aliphatic rings. The molecule has 204 valence electrons. The minimum Gasteiger partial charge on any atom is -0.495 e. The standard InChI is InChI=1S/C29H31N3O7/c1-18-5-3-4-6-22(18)30-29(37)31-23-12-7-19(15-26(23)38-2)16-27(34)32-14-13-25(33)24(32)17-39-21-10-8-20(9-11-21)28(35)36/h3-12,15,24-25,33H,13-14,16-17H2,1-2H3,(H,35,36)(H2,30,31,37)/t24-,25-/m1/s1. The number of aryl methyl sites for hydroxylation is 1. The van der Waals surface area contributed by atoms with E-state index in [-0.39, 0.29) is 24.5 Å². The number of benzene rings is 3. The van der Waals surface area contributed by atoms with Gasteiger partial charge in [-0.25, -0.2) is 9.59 Å². The maximum atomic E-state index is 13.2. The van der Waals surface area contributed by atoms with Crippen LogP contribution in [0.15, 0.2) is 66.7 Å². The molecule has 39 heavy (non-hydrogen) atoms. The number of hydrogen-bond donors (Lipinski definition) is 4. The number of anilines is 2. The lowest BCUT2D eigenvalue weighted by atomic mass is 10.1. The topological polar surface area (TPSA) is 137 Å². The molecule has 1 saturated heterocycles. The lowest BCUT2D eigenvalue weighted by Crippen LogP contribution is -2.44. The summed E-state index contributed by atoms with van der Waals surface area (Å²) in [6.45, 7) is 2.36. The minimum absolute atomic E-state index is 0.0709. The zero-order chi connectivity index (χ0) is 27.9. The van der Waals surface area contributed by atoms with Gasteiger partial charge in [0.2, 0.25) is 5.91 Å². The summed E-state index contributed by atoms with van der Waals surface area (Å²) in [6.07, 6.45) is -0.234. The van der Waals surface area contributed by atoms with Crippen molar-refractivity contribution in [1.29, 1.82) is 0 Å². The van der Waals surface area contributed by atoms with Crippen molar-refractivity contribution < 1.29 is 34.1 Å². The minimum atomic E-state index is -1.03. The number of carboxylic acids is 1. The number of urea groups is 1. The summed E-state index contributed by atoms with van der Waals surface area (Å²) in [5.41, 5.74) is 2.91. The second kappa shape index (κ2) is 12.3. The number of carbonyl (C=O) groups is 3. The summed E-state index contributed by atoms with van der Waals surface area (Å²) < 4.78 is 11.2. The van der Waals surface area contributed by atoms with Gasteiger partial charge in [-0.1, -0.05) is 24.3 Å². The first-order chi connectivity index (χ1) is 18.7. The van der Waals surface area contributed by atoms with Gasteiger partial charge in [-0.15, -0.1) is 0 Å². The summed E-state index contributed by atoms with van der Waals surface area (Å²) in [7, 11) is 1.48. The first kappa shape index (κ1) is 27.5. The fraction of sp³-hybridized carbons (Fsp3) is 0.276. The highest BCUT2D eigenvalue weighted by Crippen LogP contribution is 2.28. The van der Waals surface area contributed by atoms with E-state index >= 15 is 0 Å². The van der Waals surface area contributed by atoms with Crippen LogP contribution in [-0.4, -0.2) is 65.4 Å². The van der Waals surface area contributed by atoms with Crippen molar-refractivity contribution in [3.8, 4) is 11.5 Å². The van der Waals surface area contributed by atoms with E-state index in [0.29, 0.717) is 41.4 Å². The van der Waals surface area contributed by atoms with E-state index in [4.69, 9.17) is 14.6 Å². The fourth-order valence-electron chi connectivity index (χ4n) is 4.44. The Balaban J connectivity index is 1.37. The van der Waals surface area contributed by atoms with Crippen LogP contribution in [0.5, 0.6) is 11.5 Å². The maximum absolute atomic E-state index is 13.2. The summed E-state index contributed by atoms with van der Waals surface area (Å²) in [5, 5.41) is 25.1. The van der Waals surface area contributed by atoms with Crippen LogP contribution >= 0.6 is 0 Å². The molecule has 4 N–H and O–H groups in total. The normalized spacial score (nSPS) is 16.4. The van der Waals surface area contributed by atoms with E-state index in [0.717, 1.165) is 5.56 Å². The molecule has 3 aromatic carbocycles. The monoisotopic (exact) mass is 533 g/mol. The summed E-state index contributed by atoms with van der Waals surface area (Å²) in [5.74, 6) is -0.353. The molecule has 0 unspecified atom stereocenters. The highest BCUT2D eigenvalue weighted by Gasteiger charge is 2.36. The third kappa shape index (κ3) is 6.85. The predicted octanol–water partition coefficient (Wildman–Crippen LogP) is 3.93. The second-order valence-electron chi connectivity index (χ2n) is 9.26. The van der Waals surface area contributed by atoms with Crippen LogP contribution in [0, 0.1) is 6.92 Å². The lowest BCUT2D eigenvalue weighted by molar-refractivity contribution is -0.132. The molecule has 0 radical (unpaired) electrons. The number of carboxylic acid groups (broad SMARTS) is 1. The van der Waals surface area contributed by atoms with E-state index < -0.39 is 24.1 Å². The van der Waals surface area contributed by atoms with Gasteiger partial charge in [-0.2, -0.15) is 0 Å². The molecule has 10 nitrogen and oxygen atoms in total. The first-order valence-corrected chi connectivity index (χ1v) is 12.5. The Morgan fingerprint density at radius 3 is 2.41 bits per heavy atom. The lowest BCUT2D eigenvalue weighted by Gasteiger charge is -2.26. The number of nitrogens with one attached hydrogen (secondary N) is 2. The van der Waals surface area contributed by atoms with Crippen molar-refractivity contribution >= 4 is 29.3 Å². The quantitative estimate of drug-likeness (QED) is 0.327. The van der Waals surface area contributed by atoms with Crippen LogP contribution in [0.1, 0.15) is 27.9 Å². The molecule has 1 fully saturated rings. The fourth-order valence-corrected chi connectivity index (χ4v) is 4.44. The molecule has 1 heterocycles. The van der Waals surface area contributed by atoms with Gasteiger partial charge < -0.3 is 35.2 Å². The van der Waals surface area contributed by atoms with E-state index in [9.17, 15) is 19.5 Å². The smallest absolute Gasteiger partial charge is 0.335 e. The van der Waals surface area contributed by atoms with Crippen molar-refractivity contribution in [2.24, 2.45) is 0 Å². The molecule has 10 heteroatoms. The number of amides is 3. The number of aromatic carboxylic acids is 1. The highest BCUT2D eigenvalue weighted by molar-refractivity contribution is 6.01. The Morgan fingerprint density at radius 1 is 1.00 bits per heavy atom. The number of likely N-dealkylation sites (tertiary alicyclic amines) is 1. The van der Waals surface area contributed by atoms with Crippen LogP contribution in [0.4, 0.5) is 16.2 Å². The molecule has 0 saturated carbocycles. The third-order valence-electron chi connectivity index (χ3n) is 6.62. The Hall–Kier alpha value is -4.57. The third-order valence-corrected chi connectivity index (χ3v) is 6.62. The number of rotatable bonds is 9. The Labute approximate surface area is 226 Å². The van der Waals surface area contributed by atoms with Gasteiger partial charge in [0, 0.05) is 12.2 Å². The van der Waals surface area contributed by atoms with Crippen LogP contribution in [0.25, 0.3) is 0 Å². The summed E-state index contributed by atoms with van der Waals surface area (Å²) >= 11 is 0. The summed E-state index contributed by atoms with van der Waals surface area (Å²) in [4.78, 5) is 38.3. The molecule has 3 aromatic rings. The van der Waals surface area contributed by atoms with Crippen LogP contribution in [0.3, 0.4) is 0 Å². The molecular formula is C29H31N3O7. The predicted molar refractivity (Wildman–Crippen MR) is 146 cm³/mol. The highest BCUT2D eigenvalue weighted by atomic mass is 16.5. The van der Waals surface area contributed by atoms with Gasteiger partial charge in [0.25, 0.3) is 0 Å². The molecule has 0 aromatic heterocycles. The number of ether oxygens (including phenoxy) is 2. The van der Waals surface area contributed by atoms with Gasteiger partial charge >= 0.3 is 12.0 Å². The first-order valence-electron chi connectivity index (χ1n) is 12.5. The molecule has 1 aliphatic heterocycles. The van der Waals surface area contributed by atoms with Crippen LogP contribution in [-0.2, 0) is 11.2 Å². The number of para-hydroxylation sites is 1. The molecule has 2 atom stereocenters. The number of nitrogens with zero attached hydrogens (tertiary/aromatic N) is 1. The molecule has 4 rings (SSSR count). The van der Waals surface area contributed by atoms with Crippen molar-refractivity contribution in [2.45, 2.75) is 31.9 Å². The van der Waals surface area contributed by atoms with Crippen molar-refractivity contribution in [2.75, 3.05) is 30.9 Å². The zero-order valence-corrected chi connectivity index (χ0v) is 21.7. The van der Waals surface area contributed by atoms with E-state index in [1.807, 2.05) is 31.2 Å². The number of aliphatic hydroxyl groups excluding tert-OH is 1. The number of methoxy groups -OCH3 is 1. The van der Waals surface area contributed by atoms with E-state index in [2.05, 4.69) is 10.6 Å². The number of carbonyl (C=O) groups excluding carboxylic acids is 2. The molecule has 3 amide bonds. The van der Waals surface area contributed by atoms with E-state index in [1.165, 1.54) is 19.2 Å². The van der Waals surface area contributed by atoms with Gasteiger partial charge in [-0.3, -0.25) is 4.79 Å². The van der Waals surface area contributed by atoms with Gasteiger partial charge in [0.15, 0.2) is 0 Å². The van der Waals surface area contributed by atoms with E-state index in [1.54, 1.807) is 35.2 Å². The Kier molecular flexibility index (Phi) is 8.67. The average molecular weight is 534 g/mol. The maximum Gasteiger partial charge on any atom is 0.335 e. The van der Waals surface area contributed by atoms with Crippen molar-refractivity contribution in [1.82, 2.24) is 4.90 Å². The Morgan fingerprint density at radius 2 is 1.72 bits per heavy atom. The largest absolute Gasteiger partial charge is 0.495 e. The Bertz CT molecular complexity index is 1340. The average Bonchev–Trinajstić information content (AvgIpc) is 3.30.